The highest BCUT2D eigenvalue weighted by molar-refractivity contribution is 5.73. The lowest BCUT2D eigenvalue weighted by atomic mass is 10.0. The molecule has 0 aliphatic rings. The molecule has 0 aliphatic heterocycles. The number of rotatable bonds is 2. The summed E-state index contributed by atoms with van der Waals surface area (Å²) in [7, 11) is 1.70. The van der Waals surface area contributed by atoms with E-state index in [0.717, 1.165) is 23.2 Å². The van der Waals surface area contributed by atoms with Crippen LogP contribution in [0.1, 0.15) is 11.1 Å². The molecule has 0 atom stereocenters. The van der Waals surface area contributed by atoms with Crippen LogP contribution in [-0.2, 0) is 13.5 Å². The van der Waals surface area contributed by atoms with Crippen LogP contribution in [0.5, 0.6) is 0 Å². The fourth-order valence-electron chi connectivity index (χ4n) is 2.16. The van der Waals surface area contributed by atoms with Gasteiger partial charge in [-0.3, -0.25) is 4.57 Å². The summed E-state index contributed by atoms with van der Waals surface area (Å²) in [5.41, 5.74) is 10.1. The molecule has 0 amide bonds. The molecule has 0 fully saturated rings. The van der Waals surface area contributed by atoms with Crippen LogP contribution < -0.4 is 11.5 Å². The lowest BCUT2D eigenvalue weighted by Gasteiger charge is -2.02. The fourth-order valence-corrected chi connectivity index (χ4v) is 2.16. The zero-order valence-electron chi connectivity index (χ0n) is 10.6. The lowest BCUT2D eigenvalue weighted by molar-refractivity contribution is 0.528. The van der Waals surface area contributed by atoms with Gasteiger partial charge < -0.3 is 10.2 Å². The summed E-state index contributed by atoms with van der Waals surface area (Å²) in [4.78, 5) is 11.4. The van der Waals surface area contributed by atoms with E-state index in [1.165, 1.54) is 10.1 Å². The van der Waals surface area contributed by atoms with Crippen LogP contribution in [0.2, 0.25) is 0 Å². The first-order valence-electron chi connectivity index (χ1n) is 6.06. The van der Waals surface area contributed by atoms with E-state index in [1.807, 2.05) is 42.5 Å². The van der Waals surface area contributed by atoms with Crippen LogP contribution in [0.25, 0.3) is 11.1 Å². The van der Waals surface area contributed by atoms with Crippen molar-refractivity contribution < 1.29 is 4.42 Å². The number of aryl methyl sites for hydroxylation is 1. The number of aromatic nitrogens is 1. The Bertz CT molecular complexity index is 782. The normalized spacial score (nSPS) is 11.0. The monoisotopic (exact) mass is 254 g/mol. The molecule has 0 aliphatic carbocycles. The minimum Gasteiger partial charge on any atom is -0.408 e. The molecule has 3 rings (SSSR count). The van der Waals surface area contributed by atoms with Crippen LogP contribution in [-0.4, -0.2) is 4.57 Å². The van der Waals surface area contributed by atoms with Gasteiger partial charge in [0, 0.05) is 12.7 Å². The van der Waals surface area contributed by atoms with Crippen molar-refractivity contribution in [2.45, 2.75) is 6.42 Å². The Morgan fingerprint density at radius 3 is 2.53 bits per heavy atom. The number of nitrogens with two attached hydrogens (primary N) is 1. The molecule has 4 heteroatoms. The van der Waals surface area contributed by atoms with E-state index in [1.54, 1.807) is 7.05 Å². The lowest BCUT2D eigenvalue weighted by Crippen LogP contribution is -2.08. The van der Waals surface area contributed by atoms with Crippen LogP contribution in [0.3, 0.4) is 0 Å². The molecule has 0 saturated carbocycles. The Morgan fingerprint density at radius 1 is 1.11 bits per heavy atom. The van der Waals surface area contributed by atoms with Gasteiger partial charge >= 0.3 is 5.76 Å². The minimum atomic E-state index is -0.334. The summed E-state index contributed by atoms with van der Waals surface area (Å²) in [5, 5.41) is 0. The molecule has 2 N–H and O–H groups in total. The molecule has 4 nitrogen and oxygen atoms in total. The number of benzene rings is 2. The zero-order chi connectivity index (χ0) is 13.4. The Morgan fingerprint density at radius 2 is 1.79 bits per heavy atom. The number of hydrogen-bond donors (Lipinski definition) is 1. The summed E-state index contributed by atoms with van der Waals surface area (Å²) < 4.78 is 6.69. The largest absolute Gasteiger partial charge is 0.419 e. The second-order valence-corrected chi connectivity index (χ2v) is 4.65. The van der Waals surface area contributed by atoms with E-state index >= 15 is 0 Å². The van der Waals surface area contributed by atoms with Gasteiger partial charge in [0.25, 0.3) is 0 Å². The molecule has 3 aromatic rings. The van der Waals surface area contributed by atoms with E-state index in [4.69, 9.17) is 10.2 Å². The maximum atomic E-state index is 11.4. The smallest absolute Gasteiger partial charge is 0.408 e. The highest BCUT2D eigenvalue weighted by Crippen LogP contribution is 2.17. The molecule has 0 saturated heterocycles. The van der Waals surface area contributed by atoms with E-state index in [0.29, 0.717) is 5.58 Å². The fraction of sp³-hybridized carbons (Fsp3) is 0.133. The Kier molecular flexibility index (Phi) is 2.63. The van der Waals surface area contributed by atoms with Gasteiger partial charge in [-0.25, -0.2) is 4.79 Å². The van der Waals surface area contributed by atoms with Crippen molar-refractivity contribution in [2.75, 3.05) is 5.73 Å². The van der Waals surface area contributed by atoms with Gasteiger partial charge in [0.2, 0.25) is 0 Å². The van der Waals surface area contributed by atoms with Gasteiger partial charge in [0.15, 0.2) is 5.58 Å². The molecule has 1 aromatic heterocycles. The molecule has 0 spiro atoms. The van der Waals surface area contributed by atoms with E-state index < -0.39 is 0 Å². The Hall–Kier alpha value is -2.49. The predicted octanol–water partition coefficient (Wildman–Crippen LogP) is 2.30. The predicted molar refractivity (Wildman–Crippen MR) is 75.1 cm³/mol. The third-order valence-corrected chi connectivity index (χ3v) is 3.24. The summed E-state index contributed by atoms with van der Waals surface area (Å²) in [6.45, 7) is 0. The SMILES string of the molecule is Cn1c(=O)oc2cc(Cc3ccc(N)cc3)ccc21. The number of fused-ring (bicyclic) bond motifs is 1. The number of anilines is 1. The maximum absolute atomic E-state index is 11.4. The number of nitrogen functional groups attached to an aromatic ring is 1. The zero-order valence-corrected chi connectivity index (χ0v) is 10.6. The number of hydrogen-bond acceptors (Lipinski definition) is 3. The van der Waals surface area contributed by atoms with E-state index in [-0.39, 0.29) is 5.76 Å². The maximum Gasteiger partial charge on any atom is 0.419 e. The first-order chi connectivity index (χ1) is 9.13. The third-order valence-electron chi connectivity index (χ3n) is 3.24. The Balaban J connectivity index is 1.97. The van der Waals surface area contributed by atoms with Crippen molar-refractivity contribution in [3.05, 3.63) is 64.1 Å². The van der Waals surface area contributed by atoms with Crippen LogP contribution in [0.4, 0.5) is 5.69 Å². The highest BCUT2D eigenvalue weighted by Gasteiger charge is 2.06. The second-order valence-electron chi connectivity index (χ2n) is 4.65. The van der Waals surface area contributed by atoms with Gasteiger partial charge in [-0.1, -0.05) is 18.2 Å². The van der Waals surface area contributed by atoms with Crippen LogP contribution >= 0.6 is 0 Å². The van der Waals surface area contributed by atoms with Crippen LogP contribution in [0.15, 0.2) is 51.7 Å². The first-order valence-corrected chi connectivity index (χ1v) is 6.06. The van der Waals surface area contributed by atoms with E-state index in [9.17, 15) is 4.79 Å². The van der Waals surface area contributed by atoms with Crippen molar-refractivity contribution in [3.8, 4) is 0 Å². The molecule has 96 valence electrons. The summed E-state index contributed by atoms with van der Waals surface area (Å²) in [6, 6.07) is 13.6. The van der Waals surface area contributed by atoms with Gasteiger partial charge in [-0.15, -0.1) is 0 Å². The number of nitrogens with zero attached hydrogens (tertiary/aromatic N) is 1. The van der Waals surface area contributed by atoms with Crippen LogP contribution in [0, 0.1) is 0 Å². The van der Waals surface area contributed by atoms with Crippen molar-refractivity contribution in [1.29, 1.82) is 0 Å². The van der Waals surface area contributed by atoms with Gasteiger partial charge in [0.1, 0.15) is 0 Å². The molecule has 0 unspecified atom stereocenters. The highest BCUT2D eigenvalue weighted by atomic mass is 16.4. The summed E-state index contributed by atoms with van der Waals surface area (Å²) in [6.07, 6.45) is 0.787. The minimum absolute atomic E-state index is 0.334. The van der Waals surface area contributed by atoms with Gasteiger partial charge in [0.05, 0.1) is 5.52 Å². The van der Waals surface area contributed by atoms with Crippen molar-refractivity contribution >= 4 is 16.8 Å². The Labute approximate surface area is 110 Å². The first kappa shape index (κ1) is 11.6. The standard InChI is InChI=1S/C15H14N2O2/c1-17-13-7-4-11(9-14(13)19-15(17)18)8-10-2-5-12(16)6-3-10/h2-7,9H,8,16H2,1H3. The molecular weight excluding hydrogens is 240 g/mol. The molecular formula is C15H14N2O2. The van der Waals surface area contributed by atoms with E-state index in [2.05, 4.69) is 0 Å². The summed E-state index contributed by atoms with van der Waals surface area (Å²) in [5.74, 6) is -0.334. The number of oxazole rings is 1. The molecule has 0 radical (unpaired) electrons. The van der Waals surface area contributed by atoms with Crippen molar-refractivity contribution in [3.63, 3.8) is 0 Å². The molecule has 1 heterocycles. The third kappa shape index (κ3) is 2.12. The van der Waals surface area contributed by atoms with Crippen molar-refractivity contribution in [2.24, 2.45) is 7.05 Å². The van der Waals surface area contributed by atoms with Crippen molar-refractivity contribution in [1.82, 2.24) is 4.57 Å². The molecule has 2 aromatic carbocycles. The summed E-state index contributed by atoms with van der Waals surface area (Å²) >= 11 is 0. The quantitative estimate of drug-likeness (QED) is 0.714. The average molecular weight is 254 g/mol. The van der Waals surface area contributed by atoms with Gasteiger partial charge in [-0.05, 0) is 41.8 Å². The second kappa shape index (κ2) is 4.31. The average Bonchev–Trinajstić information content (AvgIpc) is 2.68. The molecule has 19 heavy (non-hydrogen) atoms. The van der Waals surface area contributed by atoms with Gasteiger partial charge in [-0.2, -0.15) is 0 Å². The topological polar surface area (TPSA) is 61.2 Å². The molecule has 0 bridgehead atoms.